The third-order valence-electron chi connectivity index (χ3n) is 15.0. The molecule has 38 nitrogen and oxygen atoms in total. The molecule has 40 heteroatoms. The summed E-state index contributed by atoms with van der Waals surface area (Å²) in [6, 6.07) is 0. The molecule has 21 aliphatic rings. The zero-order valence-electron chi connectivity index (χ0n) is 42.9. The summed E-state index contributed by atoms with van der Waals surface area (Å²) in [5.41, 5.74) is 0. The Balaban J connectivity index is 0.00000968. The number of hydrogen-bond donors (Lipinski definition) is 21. The predicted molar refractivity (Wildman–Crippen MR) is 237 cm³/mol. The Morgan fingerprint density at radius 1 is 0.280 bits per heavy atom. The number of rotatable bonds is 9. The van der Waals surface area contributed by atoms with Gasteiger partial charge in [0.25, 0.3) is 7.82 Å². The van der Waals surface area contributed by atoms with Crippen molar-refractivity contribution in [2.24, 2.45) is 0 Å². The van der Waals surface area contributed by atoms with Gasteiger partial charge >= 0.3 is 51.4 Å². The minimum absolute atomic E-state index is 0. The maximum absolute atomic E-state index is 11.8. The number of aliphatic hydroxyl groups is 20. The number of aliphatic hydroxyl groups excluding tert-OH is 20. The van der Waals surface area contributed by atoms with Crippen molar-refractivity contribution in [3.8, 4) is 0 Å². The summed E-state index contributed by atoms with van der Waals surface area (Å²) in [5.74, 6) is 0. The van der Waals surface area contributed by atoms with Crippen LogP contribution in [0.1, 0.15) is 0 Å². The van der Waals surface area contributed by atoms with Crippen molar-refractivity contribution in [1.82, 2.24) is 0 Å². The van der Waals surface area contributed by atoms with Crippen LogP contribution in [0.5, 0.6) is 0 Å². The third kappa shape index (κ3) is 14.6. The van der Waals surface area contributed by atoms with Crippen molar-refractivity contribution < 1.29 is 239 Å². The molecule has 1 unspecified atom stereocenters. The normalized spacial score (nSPS) is 53.4. The monoisotopic (exact) mass is 1250 g/mol. The van der Waals surface area contributed by atoms with Crippen LogP contribution in [0.25, 0.3) is 0 Å². The zero-order chi connectivity index (χ0) is 59.3. The molecule has 0 aromatic heterocycles. The fourth-order valence-electron chi connectivity index (χ4n) is 10.6. The Hall–Kier alpha value is 0.386. The van der Waals surface area contributed by atoms with E-state index in [0.29, 0.717) is 0 Å². The molecule has 0 spiro atoms. The topological polar surface area (TPSA) is 603 Å². The van der Waals surface area contributed by atoms with Crippen LogP contribution in [0.2, 0.25) is 0 Å². The molecular formula is C42H70KO38P. The second-order valence-corrected chi connectivity index (χ2v) is 21.4. The molecule has 82 heavy (non-hydrogen) atoms. The summed E-state index contributed by atoms with van der Waals surface area (Å²) < 4.78 is 95.5. The standard InChI is InChI=1S/C42H71O38P.K/c43-1-8-29-16(50)23(57)37(68-8)76-31-10(3-45)70-39(25(59)18(31)52)78-33-12(5-47)72-41(27(61)20(33)54)80-35-14(7-66-81(63,64)65)73-42(28(62)21(35)55)79-34-13(6-48)71-40(26(60)19(34)53)77-32-11(4-46)69-38(24(58)17(32)51)75-30-9(2-44)67-36(74-29)22(56)15(30)49;/h8-62H,1-7H2,(H2,63,64,65);/q;+1/p-1/t8-,9-,10-,11-,12-,13-,14-,15-,16-,17-,18-,19-,20-,21-,22-,23-,24+,25-,26+,27-,28-,29-,30-,31-,32-,33-,34-,35-,36-,37-,38-,39-,40-,41-,42-;/m1./s1. The summed E-state index contributed by atoms with van der Waals surface area (Å²) >= 11 is 0. The molecule has 21 heterocycles. The van der Waals surface area contributed by atoms with Crippen molar-refractivity contribution in [1.29, 1.82) is 0 Å². The van der Waals surface area contributed by atoms with Crippen molar-refractivity contribution in [3.05, 3.63) is 0 Å². The van der Waals surface area contributed by atoms with E-state index in [4.69, 9.17) is 66.3 Å². The van der Waals surface area contributed by atoms with Gasteiger partial charge in [0.1, 0.15) is 171 Å². The first-order chi connectivity index (χ1) is 38.3. The Morgan fingerprint density at radius 2 is 0.427 bits per heavy atom. The van der Waals surface area contributed by atoms with Gasteiger partial charge in [-0.05, 0) is 0 Å². The van der Waals surface area contributed by atoms with E-state index in [2.05, 4.69) is 4.52 Å². The summed E-state index contributed by atoms with van der Waals surface area (Å²) in [7, 11) is -5.68. The summed E-state index contributed by atoms with van der Waals surface area (Å²) in [6.07, 6.45) is -73.5. The van der Waals surface area contributed by atoms with E-state index in [0.717, 1.165) is 0 Å². The van der Waals surface area contributed by atoms with Gasteiger partial charge in [-0.15, -0.1) is 0 Å². The second kappa shape index (κ2) is 29.6. The SMILES string of the molecule is O=P([O-])(O)OC[C@H]1O[C@@H]2O[C@H]3[C@H](O)[C@H](O)[C@@H](O[C@H]4[C@H](O)[C@H](O)[C@@H](O[C@H]5[C@H](O)[C@@H](O)[C@@H](O[C@H]6[C@H](O)[C@@H](O)[C@@H](O[C@H]7[C@H](O)[C@@H](O)[C@@H](O[C@H]8[C@H](O)[C@@H](O)[C@@H](O[C@H]1[C@H](O)[C@H]2O)O[C@@H]8CO)O[C@@H]7CO)O[C@@H]6CO)O[C@@H]5CO)O[C@@H]4CO)O[C@@H]3CO.[K+]. The average Bonchev–Trinajstić information content (AvgIpc) is 3.57. The van der Waals surface area contributed by atoms with Crippen LogP contribution in [0.4, 0.5) is 0 Å². The predicted octanol–water partition coefficient (Wildman–Crippen LogP) is -18.7. The zero-order valence-corrected chi connectivity index (χ0v) is 47.0. The molecule has 0 aliphatic carbocycles. The van der Waals surface area contributed by atoms with Gasteiger partial charge in [0.05, 0.1) is 46.2 Å². The van der Waals surface area contributed by atoms with Crippen LogP contribution in [0.15, 0.2) is 0 Å². The van der Waals surface area contributed by atoms with Gasteiger partial charge in [-0.3, -0.25) is 4.57 Å². The van der Waals surface area contributed by atoms with Crippen LogP contribution in [0.3, 0.4) is 0 Å². The molecule has 0 amide bonds. The maximum Gasteiger partial charge on any atom is 1.00 e. The molecular weight excluding hydrogens is 1180 g/mol. The van der Waals surface area contributed by atoms with Crippen molar-refractivity contribution in [2.45, 2.75) is 215 Å². The van der Waals surface area contributed by atoms with Gasteiger partial charge in [-0.1, -0.05) is 0 Å². The first-order valence-corrected chi connectivity index (χ1v) is 26.8. The first kappa shape index (κ1) is 69.9. The molecule has 0 aromatic carbocycles. The molecule has 472 valence electrons. The Kier molecular flexibility index (Phi) is 25.2. The van der Waals surface area contributed by atoms with Gasteiger partial charge in [0, 0.05) is 0 Å². The number of phosphoric ester groups is 1. The number of hydrogen-bond acceptors (Lipinski definition) is 37. The number of phosphoric acid groups is 1. The molecule has 21 saturated heterocycles. The molecule has 0 saturated carbocycles. The second-order valence-electron chi connectivity index (χ2n) is 20.2. The van der Waals surface area contributed by atoms with E-state index >= 15 is 0 Å². The summed E-state index contributed by atoms with van der Waals surface area (Å²) in [5, 5.41) is 221. The van der Waals surface area contributed by atoms with Crippen LogP contribution >= 0.6 is 7.82 Å². The molecule has 36 atom stereocenters. The van der Waals surface area contributed by atoms with Gasteiger partial charge in [-0.25, -0.2) is 0 Å². The maximum atomic E-state index is 11.8. The van der Waals surface area contributed by atoms with Crippen molar-refractivity contribution in [3.63, 3.8) is 0 Å². The molecule has 21 rings (SSSR count). The number of ether oxygens (including phenoxy) is 14. The third-order valence-corrected chi connectivity index (χ3v) is 15.5. The van der Waals surface area contributed by atoms with Gasteiger partial charge in [0.15, 0.2) is 44.0 Å². The fourth-order valence-corrected chi connectivity index (χ4v) is 10.9. The minimum Gasteiger partial charge on any atom is -0.756 e. The van der Waals surface area contributed by atoms with E-state index < -0.39 is 269 Å². The Morgan fingerprint density at radius 3 is 0.573 bits per heavy atom. The quantitative estimate of drug-likeness (QED) is 0.0753. The smallest absolute Gasteiger partial charge is 0.756 e. The first-order valence-electron chi connectivity index (χ1n) is 25.3. The fraction of sp³-hybridized carbons (Fsp3) is 1.00. The summed E-state index contributed by atoms with van der Waals surface area (Å²) in [4.78, 5) is 21.2. The molecule has 21 N–H and O–H groups in total. The Bertz CT molecular complexity index is 2010. The van der Waals surface area contributed by atoms with Crippen LogP contribution in [0, 0.1) is 0 Å². The minimum atomic E-state index is -5.68. The average molecular weight is 1250 g/mol. The molecule has 0 radical (unpaired) electrons. The molecule has 21 aliphatic heterocycles. The largest absolute Gasteiger partial charge is 1.00 e. The van der Waals surface area contributed by atoms with Gasteiger partial charge in [0.2, 0.25) is 0 Å². The van der Waals surface area contributed by atoms with Crippen LogP contribution in [-0.2, 0) is 75.4 Å². The van der Waals surface area contributed by atoms with E-state index in [1.165, 1.54) is 0 Å². The summed E-state index contributed by atoms with van der Waals surface area (Å²) in [6.45, 7) is -7.92. The van der Waals surface area contributed by atoms with Crippen LogP contribution < -0.4 is 56.3 Å². The molecule has 14 bridgehead atoms. The molecule has 0 aromatic rings. The van der Waals surface area contributed by atoms with Crippen molar-refractivity contribution >= 4 is 7.82 Å². The van der Waals surface area contributed by atoms with E-state index in [9.17, 15) is 116 Å². The Labute approximate surface area is 504 Å². The van der Waals surface area contributed by atoms with Gasteiger partial charge in [-0.2, -0.15) is 0 Å². The van der Waals surface area contributed by atoms with E-state index in [1.54, 1.807) is 0 Å². The van der Waals surface area contributed by atoms with E-state index in [1.807, 2.05) is 0 Å². The van der Waals surface area contributed by atoms with Crippen molar-refractivity contribution in [2.75, 3.05) is 46.2 Å². The van der Waals surface area contributed by atoms with Gasteiger partial charge < -0.3 is 183 Å². The molecule has 21 fully saturated rings. The van der Waals surface area contributed by atoms with E-state index in [-0.39, 0.29) is 51.4 Å². The van der Waals surface area contributed by atoms with Crippen LogP contribution in [-0.4, -0.2) is 368 Å².